The lowest BCUT2D eigenvalue weighted by Crippen LogP contribution is -2.51. The maximum atomic E-state index is 13.2. The van der Waals surface area contributed by atoms with Crippen molar-refractivity contribution in [2.45, 2.75) is 58.7 Å². The molecule has 29 heavy (non-hydrogen) atoms. The van der Waals surface area contributed by atoms with Crippen LogP contribution in [0.1, 0.15) is 44.7 Å². The maximum Gasteiger partial charge on any atom is 0.243 e. The van der Waals surface area contributed by atoms with E-state index in [1.165, 1.54) is 0 Å². The fourth-order valence-electron chi connectivity index (χ4n) is 3.07. The predicted octanol–water partition coefficient (Wildman–Crippen LogP) is 5.26. The Balaban J connectivity index is 2.30. The van der Waals surface area contributed by atoms with Gasteiger partial charge in [-0.3, -0.25) is 9.59 Å². The van der Waals surface area contributed by atoms with Crippen LogP contribution in [0.5, 0.6) is 0 Å². The third-order valence-corrected chi connectivity index (χ3v) is 5.66. The topological polar surface area (TPSA) is 49.4 Å². The zero-order valence-electron chi connectivity index (χ0n) is 17.1. The average Bonchev–Trinajstić information content (AvgIpc) is 2.71. The van der Waals surface area contributed by atoms with E-state index >= 15 is 0 Å². The summed E-state index contributed by atoms with van der Waals surface area (Å²) in [6.07, 6.45) is 1.58. The van der Waals surface area contributed by atoms with Gasteiger partial charge in [-0.05, 0) is 43.0 Å². The molecule has 0 spiro atoms. The summed E-state index contributed by atoms with van der Waals surface area (Å²) in [4.78, 5) is 27.8. The number of hydrogen-bond acceptors (Lipinski definition) is 2. The Morgan fingerprint density at radius 3 is 2.24 bits per heavy atom. The fraction of sp³-hybridized carbons (Fsp3) is 0.391. The quantitative estimate of drug-likeness (QED) is 0.584. The second kappa shape index (κ2) is 11.2. The number of nitrogens with zero attached hydrogens (tertiary/aromatic N) is 1. The molecule has 1 N–H and O–H groups in total. The van der Waals surface area contributed by atoms with Crippen molar-refractivity contribution in [3.8, 4) is 0 Å². The van der Waals surface area contributed by atoms with E-state index in [0.717, 1.165) is 17.5 Å². The van der Waals surface area contributed by atoms with Gasteiger partial charge < -0.3 is 10.2 Å². The first-order valence-corrected chi connectivity index (χ1v) is 10.7. The smallest absolute Gasteiger partial charge is 0.243 e. The Morgan fingerprint density at radius 2 is 1.66 bits per heavy atom. The molecule has 4 nitrogen and oxygen atoms in total. The van der Waals surface area contributed by atoms with Crippen LogP contribution in [0.4, 0.5) is 0 Å². The average molecular weight is 435 g/mol. The van der Waals surface area contributed by atoms with Crippen molar-refractivity contribution in [2.75, 3.05) is 0 Å². The number of carbonyl (C=O) groups excluding carboxylic acids is 2. The molecular weight excluding hydrogens is 407 g/mol. The molecule has 2 aromatic carbocycles. The molecule has 0 bridgehead atoms. The van der Waals surface area contributed by atoms with E-state index < -0.39 is 6.04 Å². The Kier molecular flexibility index (Phi) is 8.99. The van der Waals surface area contributed by atoms with E-state index in [-0.39, 0.29) is 30.8 Å². The SMILES string of the molecule is CC[C@@H](C)NC(=O)[C@@H](CC)N(Cc1ccc(Cl)c(Cl)c1)C(=O)Cc1ccccc1. The molecule has 0 heterocycles. The van der Waals surface area contributed by atoms with Crippen molar-refractivity contribution in [2.24, 2.45) is 0 Å². The minimum Gasteiger partial charge on any atom is -0.352 e. The fourth-order valence-corrected chi connectivity index (χ4v) is 3.39. The van der Waals surface area contributed by atoms with Crippen LogP contribution in [-0.2, 0) is 22.6 Å². The number of amides is 2. The molecule has 2 rings (SSSR count). The van der Waals surface area contributed by atoms with Crippen LogP contribution in [0, 0.1) is 0 Å². The van der Waals surface area contributed by atoms with Crippen LogP contribution in [-0.4, -0.2) is 28.8 Å². The summed E-state index contributed by atoms with van der Waals surface area (Å²) >= 11 is 12.2. The van der Waals surface area contributed by atoms with E-state index in [9.17, 15) is 9.59 Å². The summed E-state index contributed by atoms with van der Waals surface area (Å²) in [6, 6.07) is 14.3. The molecule has 0 aromatic heterocycles. The minimum atomic E-state index is -0.560. The van der Waals surface area contributed by atoms with Gasteiger partial charge in [0.25, 0.3) is 0 Å². The first-order chi connectivity index (χ1) is 13.8. The van der Waals surface area contributed by atoms with Gasteiger partial charge in [0.1, 0.15) is 6.04 Å². The van der Waals surface area contributed by atoms with Gasteiger partial charge in [-0.15, -0.1) is 0 Å². The molecule has 2 atom stereocenters. The molecule has 0 aliphatic rings. The van der Waals surface area contributed by atoms with Crippen LogP contribution >= 0.6 is 23.2 Å². The number of nitrogens with one attached hydrogen (secondary N) is 1. The van der Waals surface area contributed by atoms with Gasteiger partial charge in [0.2, 0.25) is 11.8 Å². The van der Waals surface area contributed by atoms with Crippen molar-refractivity contribution >= 4 is 35.0 Å². The molecule has 2 aromatic rings. The molecule has 0 aliphatic carbocycles. The molecular formula is C23H28Cl2N2O2. The molecule has 6 heteroatoms. The zero-order valence-corrected chi connectivity index (χ0v) is 18.6. The summed E-state index contributed by atoms with van der Waals surface area (Å²) in [6.45, 7) is 6.17. The molecule has 0 unspecified atom stereocenters. The number of carbonyl (C=O) groups is 2. The number of rotatable bonds is 9. The summed E-state index contributed by atoms with van der Waals surface area (Å²) < 4.78 is 0. The summed E-state index contributed by atoms with van der Waals surface area (Å²) in [7, 11) is 0. The molecule has 0 fully saturated rings. The van der Waals surface area contributed by atoms with Crippen LogP contribution < -0.4 is 5.32 Å². The van der Waals surface area contributed by atoms with Gasteiger partial charge in [0.15, 0.2) is 0 Å². The third-order valence-electron chi connectivity index (χ3n) is 4.92. The lowest BCUT2D eigenvalue weighted by atomic mass is 10.1. The van der Waals surface area contributed by atoms with Crippen molar-refractivity contribution in [1.82, 2.24) is 10.2 Å². The standard InChI is InChI=1S/C23H28Cl2N2O2/c1-4-16(3)26-23(29)21(5-2)27(15-18-11-12-19(24)20(25)13-18)22(28)14-17-9-7-6-8-10-17/h6-13,16,21H,4-5,14-15H2,1-3H3,(H,26,29)/t16-,21-/m1/s1. The Labute approximate surface area is 183 Å². The third kappa shape index (κ3) is 6.76. The van der Waals surface area contributed by atoms with E-state index in [4.69, 9.17) is 23.2 Å². The van der Waals surface area contributed by atoms with Crippen molar-refractivity contribution in [3.05, 3.63) is 69.7 Å². The highest BCUT2D eigenvalue weighted by atomic mass is 35.5. The van der Waals surface area contributed by atoms with Gasteiger partial charge >= 0.3 is 0 Å². The second-order valence-corrected chi connectivity index (χ2v) is 7.99. The van der Waals surface area contributed by atoms with E-state index in [0.29, 0.717) is 16.5 Å². The molecule has 156 valence electrons. The molecule has 0 aliphatic heterocycles. The Hall–Kier alpha value is -2.04. The highest BCUT2D eigenvalue weighted by Gasteiger charge is 2.29. The first kappa shape index (κ1) is 23.2. The molecule has 0 radical (unpaired) electrons. The zero-order chi connectivity index (χ0) is 21.4. The first-order valence-electron chi connectivity index (χ1n) is 9.93. The second-order valence-electron chi connectivity index (χ2n) is 7.17. The van der Waals surface area contributed by atoms with Gasteiger partial charge in [-0.25, -0.2) is 0 Å². The highest BCUT2D eigenvalue weighted by molar-refractivity contribution is 6.42. The number of hydrogen-bond donors (Lipinski definition) is 1. The largest absolute Gasteiger partial charge is 0.352 e. The van der Waals surface area contributed by atoms with Gasteiger partial charge in [-0.2, -0.15) is 0 Å². The number of benzene rings is 2. The van der Waals surface area contributed by atoms with E-state index in [1.54, 1.807) is 17.0 Å². The predicted molar refractivity (Wildman–Crippen MR) is 119 cm³/mol. The van der Waals surface area contributed by atoms with Crippen molar-refractivity contribution in [3.63, 3.8) is 0 Å². The van der Waals surface area contributed by atoms with Crippen LogP contribution in [0.25, 0.3) is 0 Å². The molecule has 0 saturated carbocycles. The molecule has 0 saturated heterocycles. The molecule has 2 amide bonds. The van der Waals surface area contributed by atoms with Crippen LogP contribution in [0.15, 0.2) is 48.5 Å². The lowest BCUT2D eigenvalue weighted by molar-refractivity contribution is -0.141. The Bertz CT molecular complexity index is 827. The summed E-state index contributed by atoms with van der Waals surface area (Å²) in [5.41, 5.74) is 1.74. The highest BCUT2D eigenvalue weighted by Crippen LogP contribution is 2.24. The normalized spacial score (nSPS) is 12.9. The summed E-state index contributed by atoms with van der Waals surface area (Å²) in [5.74, 6) is -0.239. The summed E-state index contributed by atoms with van der Waals surface area (Å²) in [5, 5.41) is 3.89. The van der Waals surface area contributed by atoms with Crippen LogP contribution in [0.3, 0.4) is 0 Å². The minimum absolute atomic E-state index is 0.0487. The van der Waals surface area contributed by atoms with Crippen molar-refractivity contribution < 1.29 is 9.59 Å². The van der Waals surface area contributed by atoms with Gasteiger partial charge in [0, 0.05) is 12.6 Å². The van der Waals surface area contributed by atoms with E-state index in [1.807, 2.05) is 57.2 Å². The monoisotopic (exact) mass is 434 g/mol. The van der Waals surface area contributed by atoms with Gasteiger partial charge in [-0.1, -0.05) is 73.4 Å². The van der Waals surface area contributed by atoms with E-state index in [2.05, 4.69) is 5.32 Å². The van der Waals surface area contributed by atoms with Crippen molar-refractivity contribution in [1.29, 1.82) is 0 Å². The van der Waals surface area contributed by atoms with Gasteiger partial charge in [0.05, 0.1) is 16.5 Å². The maximum absolute atomic E-state index is 13.2. The van der Waals surface area contributed by atoms with Crippen LogP contribution in [0.2, 0.25) is 10.0 Å². The Morgan fingerprint density at radius 1 is 0.966 bits per heavy atom. The lowest BCUT2D eigenvalue weighted by Gasteiger charge is -2.31. The number of halogens is 2.